The lowest BCUT2D eigenvalue weighted by Gasteiger charge is -2.69. The molecule has 3 N–H and O–H groups in total. The molecule has 0 aromatic carbocycles. The highest BCUT2D eigenvalue weighted by molar-refractivity contribution is 5.92. The topological polar surface area (TPSA) is 94.8 Å². The zero-order chi connectivity index (χ0) is 25.8. The van der Waals surface area contributed by atoms with E-state index in [1.165, 1.54) is 5.57 Å². The molecule has 5 aliphatic carbocycles. The third-order valence-corrected chi connectivity index (χ3v) is 12.7. The highest BCUT2D eigenvalue weighted by Crippen LogP contribution is 2.73. The molecule has 0 unspecified atom stereocenters. The monoisotopic (exact) mass is 484 g/mol. The van der Waals surface area contributed by atoms with Crippen molar-refractivity contribution < 1.29 is 24.9 Å². The molecule has 0 bridgehead atoms. The van der Waals surface area contributed by atoms with Crippen LogP contribution in [0.5, 0.6) is 0 Å². The summed E-state index contributed by atoms with van der Waals surface area (Å²) in [6.07, 6.45) is 9.65. The largest absolute Gasteiger partial charge is 0.481 e. The average molecular weight is 485 g/mol. The van der Waals surface area contributed by atoms with Gasteiger partial charge in [-0.15, -0.1) is 0 Å². The molecule has 9 atom stereocenters. The molecule has 0 amide bonds. The van der Waals surface area contributed by atoms with Crippen LogP contribution >= 0.6 is 0 Å². The zero-order valence-corrected chi connectivity index (χ0v) is 22.4. The van der Waals surface area contributed by atoms with Gasteiger partial charge in [-0.2, -0.15) is 0 Å². The fourth-order valence-corrected chi connectivity index (χ4v) is 9.73. The van der Waals surface area contributed by atoms with Gasteiger partial charge in [-0.3, -0.25) is 9.59 Å². The van der Waals surface area contributed by atoms with E-state index >= 15 is 0 Å². The summed E-state index contributed by atoms with van der Waals surface area (Å²) >= 11 is 0. The number of Topliss-reactive ketones (excluding diaryl/α,β-unsaturated/α-hetero) is 1. The minimum atomic E-state index is -0.835. The van der Waals surface area contributed by atoms with Crippen LogP contribution in [0.25, 0.3) is 0 Å². The van der Waals surface area contributed by atoms with Gasteiger partial charge in [0.15, 0.2) is 0 Å². The van der Waals surface area contributed by atoms with Gasteiger partial charge in [0.05, 0.1) is 18.1 Å². The number of rotatable bonds is 2. The standard InChI is InChI=1S/C30H44O5/c1-25(24(34)35)13-14-26(2)19(15-25)18-7-8-21-27(3)11-10-22(32)28(4,17-31)20(27)9-12-29(21,5)30(18,6)16-23(26)33/h7-8,20-22,31-32H,9-17H2,1-6H3,(H,34,35)/t20-,21-,22+,25+,26+,27-,28-,29-,30-/m1/s1. The first-order chi connectivity index (χ1) is 16.1. The molecule has 5 aliphatic rings. The summed E-state index contributed by atoms with van der Waals surface area (Å²) in [5, 5.41) is 31.3. The van der Waals surface area contributed by atoms with Crippen LogP contribution in [0.15, 0.2) is 23.3 Å². The Bertz CT molecular complexity index is 1040. The highest BCUT2D eigenvalue weighted by Gasteiger charge is 2.68. The number of hydrogen-bond acceptors (Lipinski definition) is 4. The molecular weight excluding hydrogens is 440 g/mol. The van der Waals surface area contributed by atoms with Gasteiger partial charge in [-0.25, -0.2) is 0 Å². The summed E-state index contributed by atoms with van der Waals surface area (Å²) in [5.41, 5.74) is -0.221. The number of fused-ring (bicyclic) bond motifs is 6. The molecule has 35 heavy (non-hydrogen) atoms. The van der Waals surface area contributed by atoms with E-state index in [1.807, 2.05) is 20.8 Å². The van der Waals surface area contributed by atoms with Gasteiger partial charge in [-0.05, 0) is 87.0 Å². The maximum Gasteiger partial charge on any atom is 0.309 e. The Kier molecular flexibility index (Phi) is 5.26. The number of carbonyl (C=O) groups excluding carboxylic acids is 1. The molecule has 0 heterocycles. The Morgan fingerprint density at radius 3 is 2.31 bits per heavy atom. The third-order valence-electron chi connectivity index (χ3n) is 12.7. The van der Waals surface area contributed by atoms with Crippen LogP contribution in [0.1, 0.15) is 92.9 Å². The Morgan fingerprint density at radius 2 is 1.69 bits per heavy atom. The van der Waals surface area contributed by atoms with E-state index in [0.717, 1.165) is 24.8 Å². The molecule has 0 spiro atoms. The molecular formula is C30H44O5. The number of aliphatic hydroxyl groups excluding tert-OH is 2. The lowest BCUT2D eigenvalue weighted by Crippen LogP contribution is -2.64. The van der Waals surface area contributed by atoms with E-state index in [9.17, 15) is 24.9 Å². The number of aliphatic carboxylic acids is 1. The van der Waals surface area contributed by atoms with Crippen LogP contribution in [-0.4, -0.2) is 39.8 Å². The summed E-state index contributed by atoms with van der Waals surface area (Å²) in [6.45, 7) is 12.9. The Labute approximate surface area is 210 Å². The molecule has 3 fully saturated rings. The van der Waals surface area contributed by atoms with Crippen molar-refractivity contribution in [2.24, 2.45) is 44.3 Å². The van der Waals surface area contributed by atoms with E-state index in [2.05, 4.69) is 32.9 Å². The van der Waals surface area contributed by atoms with Crippen molar-refractivity contribution >= 4 is 11.8 Å². The van der Waals surface area contributed by atoms with Crippen LogP contribution in [0.4, 0.5) is 0 Å². The van der Waals surface area contributed by atoms with E-state index in [-0.39, 0.29) is 40.5 Å². The summed E-state index contributed by atoms with van der Waals surface area (Å²) in [5.74, 6) is -0.0618. The van der Waals surface area contributed by atoms with Gasteiger partial charge >= 0.3 is 5.97 Å². The third kappa shape index (κ3) is 2.89. The number of carbonyl (C=O) groups is 2. The van der Waals surface area contributed by atoms with Crippen molar-refractivity contribution in [2.75, 3.05) is 6.61 Å². The number of allylic oxidation sites excluding steroid dienone is 4. The highest BCUT2D eigenvalue weighted by atomic mass is 16.4. The molecule has 194 valence electrons. The minimum Gasteiger partial charge on any atom is -0.481 e. The summed E-state index contributed by atoms with van der Waals surface area (Å²) in [4.78, 5) is 26.1. The Morgan fingerprint density at radius 1 is 1.00 bits per heavy atom. The molecule has 0 aliphatic heterocycles. The van der Waals surface area contributed by atoms with Crippen LogP contribution < -0.4 is 0 Å². The van der Waals surface area contributed by atoms with Gasteiger partial charge in [0.1, 0.15) is 5.78 Å². The van der Waals surface area contributed by atoms with E-state index in [1.54, 1.807) is 0 Å². The maximum absolute atomic E-state index is 13.9. The van der Waals surface area contributed by atoms with Crippen molar-refractivity contribution in [3.05, 3.63) is 23.3 Å². The van der Waals surface area contributed by atoms with Crippen molar-refractivity contribution in [1.29, 1.82) is 0 Å². The molecule has 5 nitrogen and oxygen atoms in total. The van der Waals surface area contributed by atoms with Crippen molar-refractivity contribution in [3.63, 3.8) is 0 Å². The zero-order valence-electron chi connectivity index (χ0n) is 22.4. The van der Waals surface area contributed by atoms with Crippen LogP contribution in [0, 0.1) is 44.3 Å². The first-order valence-electron chi connectivity index (χ1n) is 13.6. The van der Waals surface area contributed by atoms with Crippen LogP contribution in [-0.2, 0) is 9.59 Å². The van der Waals surface area contributed by atoms with Crippen molar-refractivity contribution in [2.45, 2.75) is 99.0 Å². The Hall–Kier alpha value is -1.46. The summed E-state index contributed by atoms with van der Waals surface area (Å²) < 4.78 is 0. The number of carboxylic acid groups (broad SMARTS) is 1. The minimum absolute atomic E-state index is 0.0151. The smallest absolute Gasteiger partial charge is 0.309 e. The fraction of sp³-hybridized carbons (Fsp3) is 0.800. The van der Waals surface area contributed by atoms with E-state index < -0.39 is 28.3 Å². The number of hydrogen-bond donors (Lipinski definition) is 3. The molecule has 3 saturated carbocycles. The molecule has 5 heteroatoms. The predicted molar refractivity (Wildman–Crippen MR) is 134 cm³/mol. The summed E-state index contributed by atoms with van der Waals surface area (Å²) in [7, 11) is 0. The normalized spacial score (nSPS) is 53.4. The van der Waals surface area contributed by atoms with Gasteiger partial charge in [0.25, 0.3) is 0 Å². The quantitative estimate of drug-likeness (QED) is 0.494. The van der Waals surface area contributed by atoms with E-state index in [4.69, 9.17) is 0 Å². The second-order valence-electron chi connectivity index (χ2n) is 14.3. The molecule has 0 aromatic heterocycles. The van der Waals surface area contributed by atoms with E-state index in [0.29, 0.717) is 32.1 Å². The van der Waals surface area contributed by atoms with Crippen molar-refractivity contribution in [3.8, 4) is 0 Å². The Balaban J connectivity index is 1.68. The van der Waals surface area contributed by atoms with Gasteiger partial charge in [0, 0.05) is 22.7 Å². The number of carboxylic acids is 1. The molecule has 0 aromatic rings. The number of aliphatic hydroxyl groups is 2. The SMILES string of the molecule is C[C@]1(C(=O)O)CC[C@]2(C)C(=O)C[C@]3(C)C(=C2C1)C=C[C@@H]1[C@]2(C)CC[C@H](O)[C@](C)(CO)[C@@H]2CC[C@]13C. The first kappa shape index (κ1) is 25.2. The average Bonchev–Trinajstić information content (AvgIpc) is 2.79. The summed E-state index contributed by atoms with van der Waals surface area (Å²) in [6, 6.07) is 0. The van der Waals surface area contributed by atoms with Gasteiger partial charge < -0.3 is 15.3 Å². The maximum atomic E-state index is 13.9. The lowest BCUT2D eigenvalue weighted by atomic mass is 9.35. The molecule has 0 radical (unpaired) electrons. The van der Waals surface area contributed by atoms with Crippen molar-refractivity contribution in [1.82, 2.24) is 0 Å². The molecule has 5 rings (SSSR count). The van der Waals surface area contributed by atoms with Crippen LogP contribution in [0.2, 0.25) is 0 Å². The van der Waals surface area contributed by atoms with Crippen LogP contribution in [0.3, 0.4) is 0 Å². The second kappa shape index (κ2) is 7.31. The number of ketones is 1. The predicted octanol–water partition coefficient (Wildman–Crippen LogP) is 5.31. The second-order valence-corrected chi connectivity index (χ2v) is 14.3. The molecule has 0 saturated heterocycles. The van der Waals surface area contributed by atoms with Gasteiger partial charge in [0.2, 0.25) is 0 Å². The lowest BCUT2D eigenvalue weighted by molar-refractivity contribution is -0.198. The van der Waals surface area contributed by atoms with Gasteiger partial charge in [-0.1, -0.05) is 45.4 Å². The fourth-order valence-electron chi connectivity index (χ4n) is 9.73. The first-order valence-corrected chi connectivity index (χ1v) is 13.6.